The third-order valence-corrected chi connectivity index (χ3v) is 4.92. The van der Waals surface area contributed by atoms with Crippen molar-refractivity contribution in [1.82, 2.24) is 5.32 Å². The second kappa shape index (κ2) is 11.3. The number of nitrogens with one attached hydrogen (secondary N) is 3. The van der Waals surface area contributed by atoms with Gasteiger partial charge in [0.05, 0.1) is 6.54 Å². The van der Waals surface area contributed by atoms with E-state index in [1.165, 1.54) is 0 Å². The molecule has 7 heteroatoms. The number of carbonyl (C=O) groups excluding carboxylic acids is 2. The molecule has 31 heavy (non-hydrogen) atoms. The molecule has 0 bridgehead atoms. The van der Waals surface area contributed by atoms with Crippen molar-refractivity contribution in [1.29, 1.82) is 0 Å². The highest BCUT2D eigenvalue weighted by Gasteiger charge is 2.08. The van der Waals surface area contributed by atoms with Crippen LogP contribution in [-0.4, -0.2) is 25.0 Å². The first kappa shape index (κ1) is 22.5. The number of ether oxygens (including phenoxy) is 1. The maximum atomic E-state index is 12.2. The Balaban J connectivity index is 1.46. The second-order valence-corrected chi connectivity index (χ2v) is 7.88. The van der Waals surface area contributed by atoms with Gasteiger partial charge >= 0.3 is 0 Å². The largest absolute Gasteiger partial charge is 0.483 e. The average molecular weight is 482 g/mol. The van der Waals surface area contributed by atoms with Gasteiger partial charge < -0.3 is 20.7 Å². The number of hydrogen-bond acceptors (Lipinski definition) is 4. The van der Waals surface area contributed by atoms with Crippen LogP contribution >= 0.6 is 15.9 Å². The van der Waals surface area contributed by atoms with Gasteiger partial charge in [-0.15, -0.1) is 0 Å². The van der Waals surface area contributed by atoms with E-state index in [9.17, 15) is 9.59 Å². The van der Waals surface area contributed by atoms with Crippen molar-refractivity contribution in [2.75, 3.05) is 23.8 Å². The van der Waals surface area contributed by atoms with Crippen LogP contribution in [0, 0.1) is 6.92 Å². The number of rotatable bonds is 9. The zero-order valence-corrected chi connectivity index (χ0v) is 18.7. The molecular formula is C24H24BrN3O3. The Hall–Kier alpha value is -3.16. The van der Waals surface area contributed by atoms with Gasteiger partial charge in [0.1, 0.15) is 5.75 Å². The molecule has 3 rings (SSSR count). The molecule has 0 aliphatic rings. The minimum atomic E-state index is -0.248. The summed E-state index contributed by atoms with van der Waals surface area (Å²) >= 11 is 3.36. The van der Waals surface area contributed by atoms with E-state index in [1.54, 1.807) is 6.07 Å². The van der Waals surface area contributed by atoms with Gasteiger partial charge in [-0.2, -0.15) is 0 Å². The number of hydrogen-bond donors (Lipinski definition) is 3. The Bertz CT molecular complexity index is 1020. The molecule has 0 aliphatic carbocycles. The number of halogens is 1. The first-order chi connectivity index (χ1) is 15.0. The van der Waals surface area contributed by atoms with Crippen LogP contribution in [0.5, 0.6) is 5.75 Å². The highest BCUT2D eigenvalue weighted by Crippen LogP contribution is 2.18. The van der Waals surface area contributed by atoms with E-state index in [2.05, 4.69) is 31.9 Å². The Kier molecular flexibility index (Phi) is 8.20. The van der Waals surface area contributed by atoms with E-state index in [1.807, 2.05) is 73.7 Å². The highest BCUT2D eigenvalue weighted by atomic mass is 79.9. The SMILES string of the molecule is Cc1ccc(NC(=O)CNCc2ccccc2OCC(=O)Nc2ccc(Br)cc2)cc1. The van der Waals surface area contributed by atoms with Crippen molar-refractivity contribution in [3.63, 3.8) is 0 Å². The second-order valence-electron chi connectivity index (χ2n) is 6.97. The van der Waals surface area contributed by atoms with Gasteiger partial charge in [0.25, 0.3) is 5.91 Å². The average Bonchev–Trinajstić information content (AvgIpc) is 2.76. The van der Waals surface area contributed by atoms with E-state index in [-0.39, 0.29) is 25.0 Å². The summed E-state index contributed by atoms with van der Waals surface area (Å²) in [7, 11) is 0. The number of amides is 2. The maximum Gasteiger partial charge on any atom is 0.262 e. The molecule has 6 nitrogen and oxygen atoms in total. The van der Waals surface area contributed by atoms with Crippen LogP contribution in [-0.2, 0) is 16.1 Å². The summed E-state index contributed by atoms with van der Waals surface area (Å²) in [5, 5.41) is 8.75. The molecular weight excluding hydrogens is 458 g/mol. The molecule has 0 aliphatic heterocycles. The summed E-state index contributed by atoms with van der Waals surface area (Å²) in [5.41, 5.74) is 3.46. The predicted octanol–water partition coefficient (Wildman–Crippen LogP) is 4.50. The number of carbonyl (C=O) groups is 2. The number of anilines is 2. The third kappa shape index (κ3) is 7.55. The minimum Gasteiger partial charge on any atom is -0.483 e. The molecule has 0 atom stereocenters. The van der Waals surface area contributed by atoms with Crippen LogP contribution in [0.3, 0.4) is 0 Å². The van der Waals surface area contributed by atoms with Crippen molar-refractivity contribution in [3.05, 3.63) is 88.4 Å². The molecule has 0 aromatic heterocycles. The monoisotopic (exact) mass is 481 g/mol. The fourth-order valence-corrected chi connectivity index (χ4v) is 3.08. The van der Waals surface area contributed by atoms with Gasteiger partial charge in [-0.1, -0.05) is 51.8 Å². The summed E-state index contributed by atoms with van der Waals surface area (Å²) in [6.07, 6.45) is 0. The van der Waals surface area contributed by atoms with Gasteiger partial charge in [0.15, 0.2) is 6.61 Å². The highest BCUT2D eigenvalue weighted by molar-refractivity contribution is 9.10. The summed E-state index contributed by atoms with van der Waals surface area (Å²) in [6, 6.07) is 22.4. The lowest BCUT2D eigenvalue weighted by atomic mass is 10.2. The van der Waals surface area contributed by atoms with Crippen molar-refractivity contribution in [2.24, 2.45) is 0 Å². The van der Waals surface area contributed by atoms with Crippen LogP contribution in [0.1, 0.15) is 11.1 Å². The van der Waals surface area contributed by atoms with Crippen LogP contribution in [0.4, 0.5) is 11.4 Å². The molecule has 0 saturated heterocycles. The Morgan fingerprint density at radius 1 is 0.839 bits per heavy atom. The molecule has 3 aromatic rings. The van der Waals surface area contributed by atoms with E-state index < -0.39 is 0 Å². The molecule has 160 valence electrons. The molecule has 0 spiro atoms. The Labute approximate surface area is 190 Å². The lowest BCUT2D eigenvalue weighted by Crippen LogP contribution is -2.28. The van der Waals surface area contributed by atoms with Crippen LogP contribution in [0.15, 0.2) is 77.3 Å². The van der Waals surface area contributed by atoms with Crippen molar-refractivity contribution >= 4 is 39.1 Å². The number of benzene rings is 3. The van der Waals surface area contributed by atoms with Crippen molar-refractivity contribution in [2.45, 2.75) is 13.5 Å². The molecule has 3 N–H and O–H groups in total. The first-order valence-electron chi connectivity index (χ1n) is 9.83. The summed E-state index contributed by atoms with van der Waals surface area (Å²) < 4.78 is 6.64. The molecule has 0 fully saturated rings. The van der Waals surface area contributed by atoms with Crippen LogP contribution in [0.2, 0.25) is 0 Å². The number of aryl methyl sites for hydroxylation is 1. The van der Waals surface area contributed by atoms with E-state index in [0.29, 0.717) is 18.0 Å². The zero-order valence-electron chi connectivity index (χ0n) is 17.2. The fourth-order valence-electron chi connectivity index (χ4n) is 2.82. The van der Waals surface area contributed by atoms with Crippen LogP contribution < -0.4 is 20.7 Å². The quantitative estimate of drug-likeness (QED) is 0.420. The molecule has 0 saturated carbocycles. The van der Waals surface area contributed by atoms with Gasteiger partial charge in [-0.05, 0) is 49.4 Å². The van der Waals surface area contributed by atoms with Crippen molar-refractivity contribution in [3.8, 4) is 5.75 Å². The van der Waals surface area contributed by atoms with E-state index in [4.69, 9.17) is 4.74 Å². The topological polar surface area (TPSA) is 79.5 Å². The molecule has 3 aromatic carbocycles. The third-order valence-electron chi connectivity index (χ3n) is 4.40. The van der Waals surface area contributed by atoms with Crippen LogP contribution in [0.25, 0.3) is 0 Å². The van der Waals surface area contributed by atoms with Gasteiger partial charge in [-0.25, -0.2) is 0 Å². The molecule has 0 unspecified atom stereocenters. The number of para-hydroxylation sites is 1. The maximum absolute atomic E-state index is 12.2. The summed E-state index contributed by atoms with van der Waals surface area (Å²) in [5.74, 6) is 0.221. The molecule has 0 radical (unpaired) electrons. The van der Waals surface area contributed by atoms with Crippen molar-refractivity contribution < 1.29 is 14.3 Å². The lowest BCUT2D eigenvalue weighted by molar-refractivity contribution is -0.118. The molecule has 2 amide bonds. The van der Waals surface area contributed by atoms with E-state index in [0.717, 1.165) is 21.3 Å². The predicted molar refractivity (Wildman–Crippen MR) is 126 cm³/mol. The van der Waals surface area contributed by atoms with Gasteiger partial charge in [-0.3, -0.25) is 9.59 Å². The van der Waals surface area contributed by atoms with Gasteiger partial charge in [0, 0.05) is 28.0 Å². The Morgan fingerprint density at radius 3 is 2.16 bits per heavy atom. The first-order valence-corrected chi connectivity index (χ1v) is 10.6. The molecule has 0 heterocycles. The summed E-state index contributed by atoms with van der Waals surface area (Å²) in [6.45, 7) is 2.48. The van der Waals surface area contributed by atoms with Gasteiger partial charge in [0.2, 0.25) is 5.91 Å². The zero-order chi connectivity index (χ0) is 22.1. The van der Waals surface area contributed by atoms with E-state index >= 15 is 0 Å². The smallest absolute Gasteiger partial charge is 0.262 e. The normalized spacial score (nSPS) is 10.4. The standard InChI is InChI=1S/C24H24BrN3O3/c1-17-6-10-20(11-7-17)27-23(29)15-26-14-18-4-2-3-5-22(18)31-16-24(30)28-21-12-8-19(25)9-13-21/h2-13,26H,14-16H2,1H3,(H,27,29)(H,28,30). The summed E-state index contributed by atoms with van der Waals surface area (Å²) in [4.78, 5) is 24.3. The Morgan fingerprint density at radius 2 is 1.45 bits per heavy atom. The minimum absolute atomic E-state index is 0.110. The lowest BCUT2D eigenvalue weighted by Gasteiger charge is -2.12. The fraction of sp³-hybridized carbons (Fsp3) is 0.167.